The molecule has 3 rings (SSSR count). The summed E-state index contributed by atoms with van der Waals surface area (Å²) >= 11 is 1.74. The van der Waals surface area contributed by atoms with Crippen molar-refractivity contribution in [3.63, 3.8) is 0 Å². The zero-order valence-electron chi connectivity index (χ0n) is 9.62. The molecule has 0 bridgehead atoms. The van der Waals surface area contributed by atoms with E-state index < -0.39 is 10.2 Å². The minimum atomic E-state index is -4.94. The van der Waals surface area contributed by atoms with Crippen molar-refractivity contribution in [2.24, 2.45) is 0 Å². The van der Waals surface area contributed by atoms with Crippen molar-refractivity contribution >= 4 is 32.9 Å². The minimum Gasteiger partial charge on any atom is -0.222 e. The largest absolute Gasteiger partial charge is 0.222 e. The van der Waals surface area contributed by atoms with Crippen LogP contribution in [0.3, 0.4) is 0 Å². The number of hydrogen-bond donors (Lipinski definition) is 0. The van der Waals surface area contributed by atoms with Crippen LogP contribution in [-0.4, -0.2) is 0 Å². The molecule has 3 aromatic rings. The molecule has 98 valence electrons. The molecular formula is C13H9ClO4S. The van der Waals surface area contributed by atoms with E-state index in [2.05, 4.69) is 53.2 Å². The Hall–Kier alpha value is -1.34. The van der Waals surface area contributed by atoms with Gasteiger partial charge in [-0.15, -0.1) is 10.2 Å². The topological polar surface area (TPSA) is 92.2 Å². The van der Waals surface area contributed by atoms with Crippen molar-refractivity contribution in [2.75, 3.05) is 0 Å². The average Bonchev–Trinajstić information content (AvgIpc) is 2.34. The first-order chi connectivity index (χ1) is 8.93. The molecule has 1 aromatic heterocycles. The first kappa shape index (κ1) is 14.1. The molecule has 0 radical (unpaired) electrons. The fraction of sp³-hybridized carbons (Fsp3) is 0. The molecule has 0 saturated carbocycles. The fourth-order valence-electron chi connectivity index (χ4n) is 1.75. The van der Waals surface area contributed by atoms with E-state index in [1.165, 1.54) is 21.5 Å². The van der Waals surface area contributed by atoms with Crippen LogP contribution in [0.25, 0.3) is 21.5 Å². The molecular weight excluding hydrogens is 288 g/mol. The van der Waals surface area contributed by atoms with E-state index in [0.29, 0.717) is 0 Å². The lowest BCUT2D eigenvalue weighted by Gasteiger charge is -2.17. The maximum Gasteiger partial charge on any atom is 0.212 e. The molecule has 0 amide bonds. The van der Waals surface area contributed by atoms with Crippen LogP contribution >= 0.6 is 11.3 Å². The second-order valence-electron chi connectivity index (χ2n) is 3.76. The van der Waals surface area contributed by atoms with Crippen molar-refractivity contribution in [1.82, 2.24) is 0 Å². The second-order valence-corrected chi connectivity index (χ2v) is 5.30. The van der Waals surface area contributed by atoms with Gasteiger partial charge < -0.3 is 0 Å². The first-order valence-electron chi connectivity index (χ1n) is 5.23. The standard InChI is InChI=1S/C13H9S.ClHO4/c1-2-4-11-8-13-9-14-6-5-12(13)7-10(11)3-1;2-1(3,4)5/h1-9H;(H,2,3,4,5)/q+1;/p-1. The summed E-state index contributed by atoms with van der Waals surface area (Å²) in [5.74, 6) is 0. The van der Waals surface area contributed by atoms with E-state index in [4.69, 9.17) is 18.6 Å². The predicted molar refractivity (Wildman–Crippen MR) is 63.7 cm³/mol. The summed E-state index contributed by atoms with van der Waals surface area (Å²) in [6, 6.07) is 15.2. The van der Waals surface area contributed by atoms with Crippen LogP contribution in [-0.2, 0) is 0 Å². The quantitative estimate of drug-likeness (QED) is 0.416. The number of rotatable bonds is 0. The summed E-state index contributed by atoms with van der Waals surface area (Å²) in [5.41, 5.74) is 0. The van der Waals surface area contributed by atoms with Crippen LogP contribution in [0.4, 0.5) is 0 Å². The highest BCUT2D eigenvalue weighted by Crippen LogP contribution is 2.23. The van der Waals surface area contributed by atoms with Crippen molar-refractivity contribution in [3.8, 4) is 0 Å². The molecule has 0 aliphatic carbocycles. The highest BCUT2D eigenvalue weighted by Gasteiger charge is 2.00. The van der Waals surface area contributed by atoms with Gasteiger partial charge in [0.15, 0.2) is 5.38 Å². The van der Waals surface area contributed by atoms with E-state index in [1.807, 2.05) is 0 Å². The first-order valence-corrected chi connectivity index (χ1v) is 7.41. The zero-order chi connectivity index (χ0) is 13.9. The summed E-state index contributed by atoms with van der Waals surface area (Å²) in [6.45, 7) is 0. The van der Waals surface area contributed by atoms with E-state index in [0.717, 1.165) is 0 Å². The lowest BCUT2D eigenvalue weighted by molar-refractivity contribution is -2.00. The fourth-order valence-corrected chi connectivity index (χ4v) is 2.40. The average molecular weight is 297 g/mol. The lowest BCUT2D eigenvalue weighted by atomic mass is 10.1. The Labute approximate surface area is 115 Å². The van der Waals surface area contributed by atoms with Crippen LogP contribution < -0.4 is 18.6 Å². The Morgan fingerprint density at radius 3 is 1.79 bits per heavy atom. The smallest absolute Gasteiger partial charge is 0.212 e. The van der Waals surface area contributed by atoms with Crippen molar-refractivity contribution in [1.29, 1.82) is 0 Å². The second kappa shape index (κ2) is 5.75. The van der Waals surface area contributed by atoms with Crippen LogP contribution in [0.1, 0.15) is 0 Å². The van der Waals surface area contributed by atoms with Crippen LogP contribution in [0.2, 0.25) is 0 Å². The Bertz CT molecular complexity index is 586. The zero-order valence-corrected chi connectivity index (χ0v) is 11.2. The van der Waals surface area contributed by atoms with Crippen molar-refractivity contribution < 1.29 is 28.9 Å². The molecule has 19 heavy (non-hydrogen) atoms. The molecule has 0 spiro atoms. The normalized spacial score (nSPS) is 11.2. The molecule has 0 atom stereocenters. The number of halogens is 1. The SMILES string of the molecule is [O-][Cl+3]([O-])([O-])[O-].c1ccc2cc3c[s+]ccc3cc2c1. The number of benzene rings is 2. The molecule has 0 unspecified atom stereocenters. The molecule has 0 fully saturated rings. The van der Waals surface area contributed by atoms with Gasteiger partial charge in [-0.3, -0.25) is 0 Å². The van der Waals surface area contributed by atoms with Gasteiger partial charge in [0.1, 0.15) is 0 Å². The summed E-state index contributed by atoms with van der Waals surface area (Å²) in [7, 11) is -4.94. The van der Waals surface area contributed by atoms with Crippen LogP contribution in [0.5, 0.6) is 0 Å². The minimum absolute atomic E-state index is 1.32. The van der Waals surface area contributed by atoms with Gasteiger partial charge >= 0.3 is 0 Å². The van der Waals surface area contributed by atoms with Crippen LogP contribution in [0, 0.1) is 10.2 Å². The monoisotopic (exact) mass is 296 g/mol. The summed E-state index contributed by atoms with van der Waals surface area (Å²) in [4.78, 5) is 0. The highest BCUT2D eigenvalue weighted by atomic mass is 35.7. The molecule has 6 heteroatoms. The summed E-state index contributed by atoms with van der Waals surface area (Å²) < 4.78 is 34.0. The third kappa shape index (κ3) is 4.36. The molecule has 1 heterocycles. The van der Waals surface area contributed by atoms with Crippen molar-refractivity contribution in [2.45, 2.75) is 0 Å². The van der Waals surface area contributed by atoms with Gasteiger partial charge in [-0.25, -0.2) is 18.6 Å². The van der Waals surface area contributed by atoms with Gasteiger partial charge in [0, 0.05) is 11.5 Å². The third-order valence-electron chi connectivity index (χ3n) is 2.47. The van der Waals surface area contributed by atoms with Gasteiger partial charge in [0.25, 0.3) is 0 Å². The Morgan fingerprint density at radius 2 is 1.21 bits per heavy atom. The Balaban J connectivity index is 0.000000232. The lowest BCUT2D eigenvalue weighted by Crippen LogP contribution is -2.68. The Kier molecular flexibility index (Phi) is 4.26. The van der Waals surface area contributed by atoms with E-state index >= 15 is 0 Å². The van der Waals surface area contributed by atoms with Crippen LogP contribution in [0.15, 0.2) is 53.2 Å². The van der Waals surface area contributed by atoms with Gasteiger partial charge in [0.2, 0.25) is 16.7 Å². The molecule has 0 N–H and O–H groups in total. The van der Waals surface area contributed by atoms with E-state index in [9.17, 15) is 0 Å². The number of fused-ring (bicyclic) bond motifs is 2. The van der Waals surface area contributed by atoms with Gasteiger partial charge in [-0.1, -0.05) is 24.3 Å². The summed E-state index contributed by atoms with van der Waals surface area (Å²) in [6.07, 6.45) is 0. The molecule has 4 nitrogen and oxygen atoms in total. The maximum atomic E-state index is 8.49. The van der Waals surface area contributed by atoms with Gasteiger partial charge in [-0.2, -0.15) is 0 Å². The van der Waals surface area contributed by atoms with Gasteiger partial charge in [0.05, 0.1) is 0 Å². The van der Waals surface area contributed by atoms with Crippen molar-refractivity contribution in [3.05, 3.63) is 53.2 Å². The predicted octanol–water partition coefficient (Wildman–Crippen LogP) is -0.420. The highest BCUT2D eigenvalue weighted by molar-refractivity contribution is 7.08. The molecule has 0 saturated heterocycles. The van der Waals surface area contributed by atoms with E-state index in [1.54, 1.807) is 11.3 Å². The van der Waals surface area contributed by atoms with E-state index in [-0.39, 0.29) is 0 Å². The molecule has 2 aromatic carbocycles. The third-order valence-corrected chi connectivity index (χ3v) is 3.16. The molecule has 0 aliphatic rings. The number of hydrogen-bond acceptors (Lipinski definition) is 4. The Morgan fingerprint density at radius 1 is 0.737 bits per heavy atom. The maximum absolute atomic E-state index is 8.49. The molecule has 0 aliphatic heterocycles. The summed E-state index contributed by atoms with van der Waals surface area (Å²) in [5, 5.41) is 9.60. The van der Waals surface area contributed by atoms with Gasteiger partial charge in [-0.05, 0) is 28.3 Å².